The monoisotopic (exact) mass is 587 g/mol. The molecule has 2 aliphatic carbocycles. The number of Topliss-reactive ketones (excluding diaryl/α,β-unsaturated/α-hetero) is 1. The molecule has 5 atom stereocenters. The molecular weight excluding hydrogens is 557 g/mol. The first-order valence-corrected chi connectivity index (χ1v) is 14.7. The van der Waals surface area contributed by atoms with Crippen molar-refractivity contribution in [2.45, 2.75) is 63.1 Å². The molecule has 2 saturated carbocycles. The minimum Gasteiger partial charge on any atom is -0.356 e. The van der Waals surface area contributed by atoms with Crippen LogP contribution in [0.3, 0.4) is 0 Å². The van der Waals surface area contributed by atoms with Crippen LogP contribution in [0.1, 0.15) is 55.4 Å². The summed E-state index contributed by atoms with van der Waals surface area (Å²) in [6.07, 6.45) is 4.82. The van der Waals surface area contributed by atoms with E-state index >= 15 is 0 Å². The van der Waals surface area contributed by atoms with Crippen LogP contribution in [0.2, 0.25) is 10.0 Å². The van der Waals surface area contributed by atoms with Crippen LogP contribution in [0.4, 0.5) is 0 Å². The number of rotatable bonds is 8. The zero-order chi connectivity index (χ0) is 28.1. The number of benzene rings is 1. The summed E-state index contributed by atoms with van der Waals surface area (Å²) in [6.45, 7) is 0.901. The summed E-state index contributed by atoms with van der Waals surface area (Å²) in [7, 11) is 0. The van der Waals surface area contributed by atoms with Gasteiger partial charge >= 0.3 is 0 Å². The minimum atomic E-state index is -1.16. The van der Waals surface area contributed by atoms with Gasteiger partial charge in [-0.1, -0.05) is 29.6 Å². The lowest BCUT2D eigenvalue weighted by Crippen LogP contribution is -2.55. The summed E-state index contributed by atoms with van der Waals surface area (Å²) in [4.78, 5) is 70.5. The fourth-order valence-electron chi connectivity index (χ4n) is 6.57. The maximum absolute atomic E-state index is 13.9. The van der Waals surface area contributed by atoms with Crippen LogP contribution in [0.25, 0.3) is 10.9 Å². The lowest BCUT2D eigenvalue weighted by atomic mass is 9.91. The molecule has 0 bridgehead atoms. The molecule has 1 unspecified atom stereocenters. The molecule has 40 heavy (non-hydrogen) atoms. The fraction of sp³-hybridized carbons (Fsp3) is 0.536. The highest BCUT2D eigenvalue weighted by Crippen LogP contribution is 2.43. The Morgan fingerprint density at radius 2 is 1.85 bits per heavy atom. The van der Waals surface area contributed by atoms with Gasteiger partial charge in [-0.05, 0) is 68.6 Å². The molecule has 2 saturated heterocycles. The third-order valence-corrected chi connectivity index (χ3v) is 9.29. The molecule has 4 N–H and O–H groups in total. The number of nitrogens with one attached hydrogen (secondary N) is 4. The van der Waals surface area contributed by atoms with E-state index < -0.39 is 35.6 Å². The zero-order valence-electron chi connectivity index (χ0n) is 21.8. The number of hydrogen-bond acceptors (Lipinski definition) is 5. The molecule has 0 radical (unpaired) electrons. The summed E-state index contributed by atoms with van der Waals surface area (Å²) < 4.78 is 0. The first-order valence-electron chi connectivity index (χ1n) is 13.9. The van der Waals surface area contributed by atoms with E-state index in [2.05, 4.69) is 20.9 Å². The fourth-order valence-corrected chi connectivity index (χ4v) is 7.11. The van der Waals surface area contributed by atoms with Gasteiger partial charge < -0.3 is 25.8 Å². The third-order valence-electron chi connectivity index (χ3n) is 8.76. The van der Waals surface area contributed by atoms with Crippen LogP contribution in [0.5, 0.6) is 0 Å². The first-order chi connectivity index (χ1) is 19.2. The van der Waals surface area contributed by atoms with Crippen molar-refractivity contribution < 1.29 is 24.0 Å². The van der Waals surface area contributed by atoms with Crippen LogP contribution < -0.4 is 16.0 Å². The second-order valence-corrected chi connectivity index (χ2v) is 12.3. The molecule has 6 rings (SSSR count). The van der Waals surface area contributed by atoms with E-state index in [1.165, 1.54) is 0 Å². The Hall–Kier alpha value is -3.11. The number of aromatic nitrogens is 1. The number of H-pyrrole nitrogens is 1. The van der Waals surface area contributed by atoms with Crippen LogP contribution in [0.15, 0.2) is 18.2 Å². The number of carbonyl (C=O) groups is 5. The average Bonchev–Trinajstić information content (AvgIpc) is 3.26. The topological polar surface area (TPSA) is 140 Å². The molecule has 4 aliphatic rings. The van der Waals surface area contributed by atoms with Gasteiger partial charge in [0.2, 0.25) is 17.6 Å². The van der Waals surface area contributed by atoms with Crippen molar-refractivity contribution in [2.75, 3.05) is 13.1 Å². The molecule has 1 aromatic carbocycles. The van der Waals surface area contributed by atoms with Crippen LogP contribution in [-0.2, 0) is 19.2 Å². The summed E-state index contributed by atoms with van der Waals surface area (Å²) >= 11 is 12.5. The molecule has 4 amide bonds. The summed E-state index contributed by atoms with van der Waals surface area (Å²) in [5.74, 6) is -2.91. The highest BCUT2D eigenvalue weighted by molar-refractivity contribution is 6.39. The van der Waals surface area contributed by atoms with Gasteiger partial charge in [-0.3, -0.25) is 24.0 Å². The van der Waals surface area contributed by atoms with E-state index in [0.29, 0.717) is 40.5 Å². The average molecular weight is 588 g/mol. The molecular formula is C28H31Cl2N5O5. The number of halogens is 2. The van der Waals surface area contributed by atoms with E-state index in [4.69, 9.17) is 23.2 Å². The maximum atomic E-state index is 13.9. The highest BCUT2D eigenvalue weighted by atomic mass is 35.5. The Morgan fingerprint density at radius 3 is 2.58 bits per heavy atom. The smallest absolute Gasteiger partial charge is 0.289 e. The number of hydrogen-bond donors (Lipinski definition) is 4. The van der Waals surface area contributed by atoms with Crippen LogP contribution in [0, 0.1) is 17.8 Å². The van der Waals surface area contributed by atoms with Crippen molar-refractivity contribution in [2.24, 2.45) is 17.8 Å². The lowest BCUT2D eigenvalue weighted by Gasteiger charge is -2.29. The molecule has 2 aromatic rings. The second-order valence-electron chi connectivity index (χ2n) is 11.5. The van der Waals surface area contributed by atoms with Crippen molar-refractivity contribution in [1.29, 1.82) is 0 Å². The number of likely N-dealkylation sites (tertiary alicyclic amines) is 1. The van der Waals surface area contributed by atoms with Crippen LogP contribution >= 0.6 is 23.2 Å². The number of amides is 4. The molecule has 212 valence electrons. The second kappa shape index (κ2) is 10.7. The van der Waals surface area contributed by atoms with Crippen molar-refractivity contribution in [3.8, 4) is 0 Å². The lowest BCUT2D eigenvalue weighted by molar-refractivity contribution is -0.141. The van der Waals surface area contributed by atoms with E-state index in [-0.39, 0.29) is 41.8 Å². The Bertz CT molecular complexity index is 1400. The Labute approximate surface area is 240 Å². The van der Waals surface area contributed by atoms with Gasteiger partial charge in [-0.25, -0.2) is 0 Å². The van der Waals surface area contributed by atoms with Gasteiger partial charge in [0.25, 0.3) is 11.8 Å². The third kappa shape index (κ3) is 5.19. The summed E-state index contributed by atoms with van der Waals surface area (Å²) in [5, 5.41) is 9.73. The van der Waals surface area contributed by atoms with Gasteiger partial charge in [-0.15, -0.1) is 0 Å². The Morgan fingerprint density at radius 1 is 1.05 bits per heavy atom. The molecule has 0 spiro atoms. The van der Waals surface area contributed by atoms with Gasteiger partial charge in [0, 0.05) is 41.0 Å². The zero-order valence-corrected chi connectivity index (χ0v) is 23.3. The van der Waals surface area contributed by atoms with Crippen LogP contribution in [-0.4, -0.2) is 70.5 Å². The molecule has 3 heterocycles. The van der Waals surface area contributed by atoms with Gasteiger partial charge in [0.05, 0.1) is 11.1 Å². The predicted octanol–water partition coefficient (Wildman–Crippen LogP) is 2.57. The highest BCUT2D eigenvalue weighted by Gasteiger charge is 2.50. The number of carbonyl (C=O) groups excluding carboxylic acids is 5. The number of fused-ring (bicyclic) bond motifs is 2. The quantitative estimate of drug-likeness (QED) is 0.351. The molecule has 12 heteroatoms. The van der Waals surface area contributed by atoms with Crippen molar-refractivity contribution >= 4 is 63.5 Å². The predicted molar refractivity (Wildman–Crippen MR) is 148 cm³/mol. The van der Waals surface area contributed by atoms with E-state index in [9.17, 15) is 24.0 Å². The maximum Gasteiger partial charge on any atom is 0.289 e. The largest absolute Gasteiger partial charge is 0.356 e. The molecule has 2 aliphatic heterocycles. The molecule has 4 fully saturated rings. The van der Waals surface area contributed by atoms with Crippen molar-refractivity contribution in [1.82, 2.24) is 25.8 Å². The van der Waals surface area contributed by atoms with E-state index in [1.54, 1.807) is 23.1 Å². The SMILES string of the molecule is O=C(NC1CC1)C(=O)C(C[C@@H]1CCNC1=O)NC(=O)[C@@H]1[C@H]2CCC[C@H]2CN1C(=O)c1cc2c(Cl)cc(Cl)cc2[nH]1. The summed E-state index contributed by atoms with van der Waals surface area (Å²) in [6, 6.07) is 2.96. The number of nitrogens with zero attached hydrogens (tertiary/aromatic N) is 1. The van der Waals surface area contributed by atoms with E-state index in [1.807, 2.05) is 0 Å². The Kier molecular flexibility index (Phi) is 7.25. The van der Waals surface area contributed by atoms with Gasteiger partial charge in [0.1, 0.15) is 11.7 Å². The number of ketones is 1. The van der Waals surface area contributed by atoms with Crippen molar-refractivity contribution in [3.05, 3.63) is 33.9 Å². The molecule has 1 aromatic heterocycles. The van der Waals surface area contributed by atoms with Gasteiger partial charge in [0.15, 0.2) is 0 Å². The van der Waals surface area contributed by atoms with E-state index in [0.717, 1.165) is 32.1 Å². The summed E-state index contributed by atoms with van der Waals surface area (Å²) in [5.41, 5.74) is 0.902. The minimum absolute atomic E-state index is 0.0236. The Balaban J connectivity index is 1.25. The molecule has 10 nitrogen and oxygen atoms in total. The standard InChI is InChI=1S/C28H31Cl2N5O5/c29-15-9-19(30)18-11-22(33-20(18)10-15)28(40)35-12-14-2-1-3-17(14)23(35)26(38)34-21(8-13-6-7-31-25(13)37)24(36)27(39)32-16-4-5-16/h9-11,13-14,16-17,21,23,33H,1-8,12H2,(H,31,37)(H,32,39)(H,34,38)/t13-,14-,17-,21?,23-/m0/s1. The first kappa shape index (κ1) is 27.1. The normalized spacial score (nSPS) is 26.4. The van der Waals surface area contributed by atoms with Gasteiger partial charge in [-0.2, -0.15) is 0 Å². The number of aromatic amines is 1. The van der Waals surface area contributed by atoms with Crippen molar-refractivity contribution in [3.63, 3.8) is 0 Å².